The van der Waals surface area contributed by atoms with Gasteiger partial charge in [-0.3, -0.25) is 0 Å². The number of hydrogen-bond acceptors (Lipinski definition) is 5. The number of nitrogens with two attached hydrogens (primary N) is 1. The molecule has 1 saturated heterocycles. The molecule has 2 rings (SSSR count). The van der Waals surface area contributed by atoms with Gasteiger partial charge in [-0.15, -0.1) is 0 Å². The Labute approximate surface area is 108 Å². The molecular weight excluding hydrogens is 228 g/mol. The number of aromatic nitrogens is 2. The lowest BCUT2D eigenvalue weighted by Crippen LogP contribution is -2.37. The lowest BCUT2D eigenvalue weighted by molar-refractivity contribution is 0.0818. The molecule has 0 saturated carbocycles. The highest BCUT2D eigenvalue weighted by Crippen LogP contribution is 2.21. The van der Waals surface area contributed by atoms with E-state index in [2.05, 4.69) is 21.8 Å². The molecule has 100 valence electrons. The number of rotatable bonds is 4. The Balaban J connectivity index is 2.08. The zero-order chi connectivity index (χ0) is 13.0. The Hall–Kier alpha value is -1.36. The number of piperidine rings is 1. The molecule has 0 aromatic carbocycles. The van der Waals surface area contributed by atoms with Gasteiger partial charge in [-0.05, 0) is 19.3 Å². The third-order valence-corrected chi connectivity index (χ3v) is 3.35. The van der Waals surface area contributed by atoms with Crippen molar-refractivity contribution in [1.82, 2.24) is 9.97 Å². The molecule has 1 aromatic rings. The van der Waals surface area contributed by atoms with E-state index in [-0.39, 0.29) is 0 Å². The first-order valence-electron chi connectivity index (χ1n) is 6.64. The number of methoxy groups -OCH3 is 1. The van der Waals surface area contributed by atoms with E-state index in [1.807, 2.05) is 6.07 Å². The van der Waals surface area contributed by atoms with Crippen LogP contribution < -0.4 is 10.6 Å². The van der Waals surface area contributed by atoms with Gasteiger partial charge in [0.25, 0.3) is 0 Å². The third kappa shape index (κ3) is 3.10. The predicted molar refractivity (Wildman–Crippen MR) is 72.7 cm³/mol. The highest BCUT2D eigenvalue weighted by molar-refractivity contribution is 5.47. The minimum atomic E-state index is 0.385. The van der Waals surface area contributed by atoms with Crippen LogP contribution in [0.15, 0.2) is 6.07 Å². The maximum absolute atomic E-state index is 5.85. The molecule has 0 spiro atoms. The molecule has 0 atom stereocenters. The zero-order valence-electron chi connectivity index (χ0n) is 11.2. The minimum Gasteiger partial charge on any atom is -0.384 e. The van der Waals surface area contributed by atoms with E-state index in [1.165, 1.54) is 0 Å². The Morgan fingerprint density at radius 3 is 2.72 bits per heavy atom. The van der Waals surface area contributed by atoms with Crippen molar-refractivity contribution < 1.29 is 4.74 Å². The predicted octanol–water partition coefficient (Wildman–Crippen LogP) is 1.63. The maximum Gasteiger partial charge on any atom is 0.134 e. The molecule has 1 aliphatic rings. The Kier molecular flexibility index (Phi) is 4.36. The summed E-state index contributed by atoms with van der Waals surface area (Å²) in [5.74, 6) is 2.37. The van der Waals surface area contributed by atoms with Crippen LogP contribution in [0.4, 0.5) is 11.6 Å². The Morgan fingerprint density at radius 2 is 2.11 bits per heavy atom. The van der Waals surface area contributed by atoms with Gasteiger partial charge in [0.05, 0.1) is 6.10 Å². The van der Waals surface area contributed by atoms with Gasteiger partial charge in [-0.2, -0.15) is 0 Å². The first kappa shape index (κ1) is 13.1. The summed E-state index contributed by atoms with van der Waals surface area (Å²) < 4.78 is 5.38. The van der Waals surface area contributed by atoms with Gasteiger partial charge in [0.2, 0.25) is 0 Å². The molecule has 1 aromatic heterocycles. The molecule has 2 N–H and O–H groups in total. The number of aryl methyl sites for hydroxylation is 1. The smallest absolute Gasteiger partial charge is 0.134 e. The fourth-order valence-electron chi connectivity index (χ4n) is 2.32. The topological polar surface area (TPSA) is 64.3 Å². The largest absolute Gasteiger partial charge is 0.384 e. The monoisotopic (exact) mass is 250 g/mol. The third-order valence-electron chi connectivity index (χ3n) is 3.35. The van der Waals surface area contributed by atoms with Gasteiger partial charge in [0.15, 0.2) is 0 Å². The van der Waals surface area contributed by atoms with E-state index in [0.717, 1.165) is 50.4 Å². The number of anilines is 2. The van der Waals surface area contributed by atoms with E-state index >= 15 is 0 Å². The fourth-order valence-corrected chi connectivity index (χ4v) is 2.32. The minimum absolute atomic E-state index is 0.385. The summed E-state index contributed by atoms with van der Waals surface area (Å²) in [6.45, 7) is 4.07. The summed E-state index contributed by atoms with van der Waals surface area (Å²) in [4.78, 5) is 11.1. The SMILES string of the molecule is CCCc1nc(N)cc(N2CCC(OC)CC2)n1. The molecule has 5 nitrogen and oxygen atoms in total. The van der Waals surface area contributed by atoms with Gasteiger partial charge in [-0.1, -0.05) is 6.92 Å². The standard InChI is InChI=1S/C13H22N4O/c1-3-4-12-15-11(14)9-13(16-12)17-7-5-10(18-2)6-8-17/h9-10H,3-8H2,1-2H3,(H2,14,15,16). The molecule has 2 heterocycles. The molecule has 1 fully saturated rings. The average Bonchev–Trinajstić information content (AvgIpc) is 2.38. The van der Waals surface area contributed by atoms with Crippen LogP contribution in [-0.2, 0) is 11.2 Å². The van der Waals surface area contributed by atoms with Gasteiger partial charge in [0.1, 0.15) is 17.5 Å². The number of ether oxygens (including phenoxy) is 1. The second-order valence-corrected chi connectivity index (χ2v) is 4.74. The number of nitrogens with zero attached hydrogens (tertiary/aromatic N) is 3. The molecule has 18 heavy (non-hydrogen) atoms. The molecular formula is C13H22N4O. The van der Waals surface area contributed by atoms with E-state index in [9.17, 15) is 0 Å². The van der Waals surface area contributed by atoms with Gasteiger partial charge < -0.3 is 15.4 Å². The van der Waals surface area contributed by atoms with Gasteiger partial charge >= 0.3 is 0 Å². The highest BCUT2D eigenvalue weighted by atomic mass is 16.5. The molecule has 0 aliphatic carbocycles. The van der Waals surface area contributed by atoms with Crippen LogP contribution in [0, 0.1) is 0 Å². The molecule has 0 radical (unpaired) electrons. The van der Waals surface area contributed by atoms with Crippen LogP contribution in [-0.4, -0.2) is 36.3 Å². The van der Waals surface area contributed by atoms with Crippen molar-refractivity contribution in [3.63, 3.8) is 0 Å². The summed E-state index contributed by atoms with van der Waals surface area (Å²) >= 11 is 0. The molecule has 1 aliphatic heterocycles. The van der Waals surface area contributed by atoms with Crippen molar-refractivity contribution in [2.45, 2.75) is 38.7 Å². The van der Waals surface area contributed by atoms with Crippen LogP contribution >= 0.6 is 0 Å². The first-order chi connectivity index (χ1) is 8.72. The number of hydrogen-bond donors (Lipinski definition) is 1. The highest BCUT2D eigenvalue weighted by Gasteiger charge is 2.20. The fraction of sp³-hybridized carbons (Fsp3) is 0.692. The molecule has 5 heteroatoms. The summed E-state index contributed by atoms with van der Waals surface area (Å²) in [6, 6.07) is 1.87. The van der Waals surface area contributed by atoms with Gasteiger partial charge in [-0.25, -0.2) is 9.97 Å². The summed E-state index contributed by atoms with van der Waals surface area (Å²) in [5.41, 5.74) is 5.85. The van der Waals surface area contributed by atoms with Crippen LogP contribution in [0.25, 0.3) is 0 Å². The van der Waals surface area contributed by atoms with Crippen molar-refractivity contribution in [3.8, 4) is 0 Å². The van der Waals surface area contributed by atoms with Gasteiger partial charge in [0, 0.05) is 32.7 Å². The Bertz CT molecular complexity index is 389. The first-order valence-corrected chi connectivity index (χ1v) is 6.64. The summed E-state index contributed by atoms with van der Waals surface area (Å²) in [6.07, 6.45) is 4.39. The molecule has 0 amide bonds. The van der Waals surface area contributed by atoms with Crippen LogP contribution in [0.2, 0.25) is 0 Å². The van der Waals surface area contributed by atoms with Crippen LogP contribution in [0.1, 0.15) is 32.0 Å². The second kappa shape index (κ2) is 6.00. The molecule has 0 bridgehead atoms. The second-order valence-electron chi connectivity index (χ2n) is 4.74. The maximum atomic E-state index is 5.85. The summed E-state index contributed by atoms with van der Waals surface area (Å²) in [7, 11) is 1.78. The van der Waals surface area contributed by atoms with Crippen molar-refractivity contribution >= 4 is 11.6 Å². The summed E-state index contributed by atoms with van der Waals surface area (Å²) in [5, 5.41) is 0. The van der Waals surface area contributed by atoms with E-state index in [4.69, 9.17) is 10.5 Å². The normalized spacial score (nSPS) is 17.1. The number of nitrogen functional groups attached to an aromatic ring is 1. The molecule has 0 unspecified atom stereocenters. The van der Waals surface area contributed by atoms with Crippen molar-refractivity contribution in [2.24, 2.45) is 0 Å². The van der Waals surface area contributed by atoms with E-state index in [0.29, 0.717) is 11.9 Å². The lowest BCUT2D eigenvalue weighted by Gasteiger charge is -2.32. The van der Waals surface area contributed by atoms with E-state index < -0.39 is 0 Å². The van der Waals surface area contributed by atoms with Crippen LogP contribution in [0.5, 0.6) is 0 Å². The van der Waals surface area contributed by atoms with E-state index in [1.54, 1.807) is 7.11 Å². The van der Waals surface area contributed by atoms with Crippen LogP contribution in [0.3, 0.4) is 0 Å². The Morgan fingerprint density at radius 1 is 1.39 bits per heavy atom. The van der Waals surface area contributed by atoms with Crippen molar-refractivity contribution in [1.29, 1.82) is 0 Å². The average molecular weight is 250 g/mol. The zero-order valence-corrected chi connectivity index (χ0v) is 11.2. The lowest BCUT2D eigenvalue weighted by atomic mass is 10.1. The van der Waals surface area contributed by atoms with Crippen molar-refractivity contribution in [3.05, 3.63) is 11.9 Å². The quantitative estimate of drug-likeness (QED) is 0.879. The van der Waals surface area contributed by atoms with Crippen molar-refractivity contribution in [2.75, 3.05) is 30.8 Å².